The number of carbonyl (C=O) groups excluding carboxylic acids is 2. The minimum atomic E-state index is -0.693. The summed E-state index contributed by atoms with van der Waals surface area (Å²) in [6, 6.07) is 7.13. The number of esters is 1. The first kappa shape index (κ1) is 22.0. The van der Waals surface area contributed by atoms with Crippen molar-refractivity contribution in [2.24, 2.45) is 0 Å². The number of nitrogens with zero attached hydrogens (tertiary/aromatic N) is 1. The Bertz CT molecular complexity index is 754. The number of benzene rings is 1. The fourth-order valence-corrected chi connectivity index (χ4v) is 5.14. The summed E-state index contributed by atoms with van der Waals surface area (Å²) in [7, 11) is 2.17. The van der Waals surface area contributed by atoms with Gasteiger partial charge in [0.25, 0.3) is 0 Å². The van der Waals surface area contributed by atoms with Gasteiger partial charge in [-0.1, -0.05) is 25.5 Å². The number of likely N-dealkylation sites (N-methyl/N-ethyl adjacent to an activating group) is 1. The van der Waals surface area contributed by atoms with Crippen molar-refractivity contribution in [3.8, 4) is 5.75 Å². The minimum absolute atomic E-state index is 0.0660. The molecule has 3 rings (SSSR count). The number of hydrogen-bond acceptors (Lipinski definition) is 6. The lowest BCUT2D eigenvalue weighted by Gasteiger charge is -2.35. The summed E-state index contributed by atoms with van der Waals surface area (Å²) < 4.78 is 10.9. The highest BCUT2D eigenvalue weighted by Crippen LogP contribution is 2.37. The van der Waals surface area contributed by atoms with Crippen molar-refractivity contribution in [1.29, 1.82) is 0 Å². The Balaban J connectivity index is 1.68. The first-order valence-electron chi connectivity index (χ1n) is 10.4. The fraction of sp³-hybridized carbons (Fsp3) is 0.636. The molecule has 2 fully saturated rings. The molecule has 2 unspecified atom stereocenters. The van der Waals surface area contributed by atoms with Crippen LogP contribution in [0, 0.1) is 0 Å². The molecule has 2 aliphatic rings. The number of rotatable bonds is 4. The Morgan fingerprint density at radius 3 is 2.90 bits per heavy atom. The van der Waals surface area contributed by atoms with Gasteiger partial charge in [0, 0.05) is 17.7 Å². The van der Waals surface area contributed by atoms with E-state index in [9.17, 15) is 9.59 Å². The number of likely N-dealkylation sites (tertiary alicyclic amines) is 1. The number of amides is 1. The van der Waals surface area contributed by atoms with Crippen LogP contribution in [0.25, 0.3) is 0 Å². The highest BCUT2D eigenvalue weighted by atomic mass is 32.2. The second-order valence-corrected chi connectivity index (χ2v) is 10.2. The smallest absolute Gasteiger partial charge is 0.413 e. The van der Waals surface area contributed by atoms with Gasteiger partial charge >= 0.3 is 12.1 Å². The molecule has 6 nitrogen and oxygen atoms in total. The van der Waals surface area contributed by atoms with E-state index in [1.165, 1.54) is 30.2 Å². The van der Waals surface area contributed by atoms with E-state index in [2.05, 4.69) is 30.3 Å². The Labute approximate surface area is 177 Å². The molecule has 0 radical (unpaired) electrons. The fourth-order valence-electron chi connectivity index (χ4n) is 4.21. The van der Waals surface area contributed by atoms with Crippen molar-refractivity contribution in [1.82, 2.24) is 10.2 Å². The first-order valence-corrected chi connectivity index (χ1v) is 11.4. The van der Waals surface area contributed by atoms with Gasteiger partial charge in [0.1, 0.15) is 11.8 Å². The van der Waals surface area contributed by atoms with Crippen LogP contribution >= 0.6 is 11.8 Å². The zero-order valence-electron chi connectivity index (χ0n) is 17.8. The summed E-state index contributed by atoms with van der Waals surface area (Å²) in [6.07, 6.45) is 3.94. The van der Waals surface area contributed by atoms with Crippen LogP contribution in [0.15, 0.2) is 24.3 Å². The molecule has 29 heavy (non-hydrogen) atoms. The maximum atomic E-state index is 12.4. The largest absolute Gasteiger partial charge is 0.447 e. The van der Waals surface area contributed by atoms with E-state index >= 15 is 0 Å². The molecule has 0 spiro atoms. The van der Waals surface area contributed by atoms with Gasteiger partial charge < -0.3 is 19.7 Å². The maximum Gasteiger partial charge on any atom is 0.413 e. The average Bonchev–Trinajstić information content (AvgIpc) is 2.86. The Morgan fingerprint density at radius 2 is 2.17 bits per heavy atom. The Morgan fingerprint density at radius 1 is 1.38 bits per heavy atom. The number of cyclic esters (lactones) is 1. The second-order valence-electron chi connectivity index (χ2n) is 8.57. The van der Waals surface area contributed by atoms with Crippen LogP contribution in [0.2, 0.25) is 0 Å². The molecule has 160 valence electrons. The molecule has 1 N–H and O–H groups in total. The standard InChI is InChI=1S/C22H32N2O4S/c1-5-22(11-6-7-12-24(4)15-22)16-9-8-10-17(13-16)27-20(26)23-18-14-29-21(2,3)28-19(18)25/h8-10,13,18H,5-7,11-12,14-15H2,1-4H3,(H,23,26). The topological polar surface area (TPSA) is 67.9 Å². The van der Waals surface area contributed by atoms with E-state index < -0.39 is 23.0 Å². The summed E-state index contributed by atoms with van der Waals surface area (Å²) in [4.78, 5) is 26.3. The van der Waals surface area contributed by atoms with E-state index in [4.69, 9.17) is 9.47 Å². The molecule has 2 saturated heterocycles. The molecule has 2 atom stereocenters. The van der Waals surface area contributed by atoms with Crippen molar-refractivity contribution < 1.29 is 19.1 Å². The molecular weight excluding hydrogens is 388 g/mol. The summed E-state index contributed by atoms with van der Waals surface area (Å²) in [5.74, 6) is 0.537. The molecule has 0 saturated carbocycles. The lowest BCUT2D eigenvalue weighted by molar-refractivity contribution is -0.152. The van der Waals surface area contributed by atoms with Crippen LogP contribution < -0.4 is 10.1 Å². The van der Waals surface area contributed by atoms with Crippen molar-refractivity contribution >= 4 is 23.8 Å². The normalized spacial score (nSPS) is 27.6. The van der Waals surface area contributed by atoms with Gasteiger partial charge in [-0.2, -0.15) is 0 Å². The van der Waals surface area contributed by atoms with Gasteiger partial charge in [-0.25, -0.2) is 9.59 Å². The quantitative estimate of drug-likeness (QED) is 0.745. The van der Waals surface area contributed by atoms with Crippen molar-refractivity contribution in [3.63, 3.8) is 0 Å². The van der Waals surface area contributed by atoms with Gasteiger partial charge in [0.15, 0.2) is 4.93 Å². The summed E-state index contributed by atoms with van der Waals surface area (Å²) >= 11 is 1.49. The third-order valence-corrected chi connectivity index (χ3v) is 7.15. The minimum Gasteiger partial charge on any atom is -0.447 e. The number of thioether (sulfide) groups is 1. The van der Waals surface area contributed by atoms with Crippen LogP contribution in [0.4, 0.5) is 4.79 Å². The predicted octanol–water partition coefficient (Wildman–Crippen LogP) is 3.93. The Kier molecular flexibility index (Phi) is 6.79. The lowest BCUT2D eigenvalue weighted by atomic mass is 9.74. The maximum absolute atomic E-state index is 12.4. The summed E-state index contributed by atoms with van der Waals surface area (Å²) in [6.45, 7) is 8.02. The number of carbonyl (C=O) groups is 2. The van der Waals surface area contributed by atoms with Crippen LogP contribution in [-0.2, 0) is 14.9 Å². The molecular formula is C22H32N2O4S. The van der Waals surface area contributed by atoms with E-state index in [-0.39, 0.29) is 5.41 Å². The number of ether oxygens (including phenoxy) is 2. The van der Waals surface area contributed by atoms with Gasteiger partial charge in [-0.05, 0) is 64.4 Å². The lowest BCUT2D eigenvalue weighted by Crippen LogP contribution is -2.50. The third kappa shape index (κ3) is 5.45. The highest BCUT2D eigenvalue weighted by molar-refractivity contribution is 8.00. The zero-order chi connectivity index (χ0) is 21.1. The molecule has 0 bridgehead atoms. The zero-order valence-corrected chi connectivity index (χ0v) is 18.6. The van der Waals surface area contributed by atoms with Crippen molar-refractivity contribution in [3.05, 3.63) is 29.8 Å². The van der Waals surface area contributed by atoms with Gasteiger partial charge in [-0.15, -0.1) is 11.8 Å². The van der Waals surface area contributed by atoms with Gasteiger partial charge in [0.05, 0.1) is 0 Å². The van der Waals surface area contributed by atoms with Crippen LogP contribution in [0.1, 0.15) is 52.0 Å². The predicted molar refractivity (Wildman–Crippen MR) is 115 cm³/mol. The number of hydrogen-bond donors (Lipinski definition) is 1. The summed E-state index contributed by atoms with van der Waals surface area (Å²) in [5, 5.41) is 2.63. The molecule has 0 aliphatic carbocycles. The van der Waals surface area contributed by atoms with E-state index in [0.29, 0.717) is 11.5 Å². The summed E-state index contributed by atoms with van der Waals surface area (Å²) in [5.41, 5.74) is 1.27. The van der Waals surface area contributed by atoms with E-state index in [1.807, 2.05) is 26.0 Å². The second kappa shape index (κ2) is 8.96. The highest BCUT2D eigenvalue weighted by Gasteiger charge is 2.37. The average molecular weight is 421 g/mol. The van der Waals surface area contributed by atoms with Crippen molar-refractivity contribution in [2.45, 2.75) is 62.8 Å². The first-order chi connectivity index (χ1) is 13.7. The van der Waals surface area contributed by atoms with Crippen LogP contribution in [0.3, 0.4) is 0 Å². The SMILES string of the molecule is CCC1(c2cccc(OC(=O)NC3CSC(C)(C)OC3=O)c2)CCCCN(C)C1. The van der Waals surface area contributed by atoms with E-state index in [1.54, 1.807) is 6.07 Å². The molecule has 1 aromatic carbocycles. The van der Waals surface area contributed by atoms with Gasteiger partial charge in [-0.3, -0.25) is 0 Å². The van der Waals surface area contributed by atoms with Gasteiger partial charge in [0.2, 0.25) is 0 Å². The number of nitrogens with one attached hydrogen (secondary N) is 1. The molecule has 0 aromatic heterocycles. The van der Waals surface area contributed by atoms with E-state index in [0.717, 1.165) is 25.9 Å². The molecule has 1 amide bonds. The molecule has 1 aromatic rings. The Hall–Kier alpha value is -1.73. The third-order valence-electron chi connectivity index (χ3n) is 5.87. The van der Waals surface area contributed by atoms with Crippen LogP contribution in [-0.4, -0.2) is 53.8 Å². The molecule has 2 heterocycles. The van der Waals surface area contributed by atoms with Crippen molar-refractivity contribution in [2.75, 3.05) is 25.9 Å². The molecule has 2 aliphatic heterocycles. The molecule has 7 heteroatoms. The van der Waals surface area contributed by atoms with Crippen LogP contribution in [0.5, 0.6) is 5.75 Å². The monoisotopic (exact) mass is 420 g/mol.